The fraction of sp³-hybridized carbons (Fsp3) is 0.235. The van der Waals surface area contributed by atoms with Crippen molar-refractivity contribution in [2.75, 3.05) is 26.9 Å². The summed E-state index contributed by atoms with van der Waals surface area (Å²) in [5, 5.41) is 13.0. The molecule has 0 saturated heterocycles. The number of fused-ring (bicyclic) bond motifs is 3. The van der Waals surface area contributed by atoms with Gasteiger partial charge in [0.1, 0.15) is 35.4 Å². The Morgan fingerprint density at radius 1 is 1.11 bits per heavy atom. The normalized spacial score (nSPS) is 14.6. The summed E-state index contributed by atoms with van der Waals surface area (Å²) >= 11 is 1.43. The van der Waals surface area contributed by atoms with E-state index < -0.39 is 11.6 Å². The lowest BCUT2D eigenvalue weighted by atomic mass is 9.96. The molecule has 1 aliphatic rings. The van der Waals surface area contributed by atoms with E-state index in [1.165, 1.54) is 30.6 Å². The Bertz CT molecular complexity index is 2150. The Balaban J connectivity index is 1.50. The molecule has 0 bridgehead atoms. The molecule has 0 N–H and O–H groups in total. The van der Waals surface area contributed by atoms with Gasteiger partial charge in [0.25, 0.3) is 0 Å². The number of amides is 1. The van der Waals surface area contributed by atoms with Gasteiger partial charge in [0.05, 0.1) is 47.9 Å². The largest absolute Gasteiger partial charge is 0.490 e. The maximum Gasteiger partial charge on any atom is 0.246 e. The molecule has 0 fully saturated rings. The second-order valence-electron chi connectivity index (χ2n) is 11.1. The molecule has 5 heterocycles. The molecule has 4 aromatic heterocycles. The van der Waals surface area contributed by atoms with Crippen LogP contribution in [0.4, 0.5) is 8.78 Å². The zero-order valence-corrected chi connectivity index (χ0v) is 26.3. The molecule has 6 aromatic rings. The summed E-state index contributed by atoms with van der Waals surface area (Å²) in [7, 11) is 3.42. The first-order valence-electron chi connectivity index (χ1n) is 14.7. The van der Waals surface area contributed by atoms with E-state index in [0.29, 0.717) is 35.7 Å². The SMILES string of the molecule is C=CC(=O)N1CCn2nc(-c3nc(-c4ccc5c(cnn5C)c4)c4ccsc4c3-c3c(F)cc(F)cc3OCCOC)cc2[C@@H]1C. The van der Waals surface area contributed by atoms with Crippen molar-refractivity contribution in [1.29, 1.82) is 0 Å². The van der Waals surface area contributed by atoms with E-state index in [1.807, 2.05) is 54.4 Å². The van der Waals surface area contributed by atoms with E-state index in [2.05, 4.69) is 11.7 Å². The molecule has 1 atom stereocenters. The maximum absolute atomic E-state index is 16.0. The average molecular weight is 641 g/mol. The number of pyridine rings is 1. The lowest BCUT2D eigenvalue weighted by Crippen LogP contribution is -2.40. The smallest absolute Gasteiger partial charge is 0.246 e. The molecular formula is C34H30F2N6O3S. The van der Waals surface area contributed by atoms with Gasteiger partial charge in [-0.15, -0.1) is 11.3 Å². The molecule has 12 heteroatoms. The number of benzene rings is 2. The third-order valence-electron chi connectivity index (χ3n) is 8.40. The minimum atomic E-state index is -0.783. The maximum atomic E-state index is 16.0. The standard InChI is InChI=1S/C34H30F2N6O3S/c1-5-29(43)41-9-10-42-27(19(41)2)17-25(39-42)33-31(30-24(36)15-22(35)16-28(30)45-12-11-44-4)34-23(8-13-46-34)32(38-33)20-6-7-26-21(14-20)18-37-40(26)3/h5-8,13-19H,1,9-12H2,2-4H3/t19-/m0/s1. The molecule has 0 aliphatic carbocycles. The lowest BCUT2D eigenvalue weighted by Gasteiger charge is -2.33. The molecule has 234 valence electrons. The van der Waals surface area contributed by atoms with Crippen LogP contribution in [0.15, 0.2) is 66.7 Å². The number of aromatic nitrogens is 5. The van der Waals surface area contributed by atoms with Gasteiger partial charge in [-0.05, 0) is 42.6 Å². The Hall–Kier alpha value is -4.94. The highest BCUT2D eigenvalue weighted by molar-refractivity contribution is 7.18. The second-order valence-corrected chi connectivity index (χ2v) is 12.0. The van der Waals surface area contributed by atoms with Crippen LogP contribution in [0, 0.1) is 11.6 Å². The number of rotatable bonds is 8. The van der Waals surface area contributed by atoms with Gasteiger partial charge >= 0.3 is 0 Å². The molecular weight excluding hydrogens is 610 g/mol. The van der Waals surface area contributed by atoms with E-state index in [0.717, 1.165) is 38.3 Å². The lowest BCUT2D eigenvalue weighted by molar-refractivity contribution is -0.129. The van der Waals surface area contributed by atoms with E-state index in [1.54, 1.807) is 15.8 Å². The van der Waals surface area contributed by atoms with Gasteiger partial charge in [-0.2, -0.15) is 10.2 Å². The highest BCUT2D eigenvalue weighted by Gasteiger charge is 2.31. The van der Waals surface area contributed by atoms with Crippen LogP contribution in [0.5, 0.6) is 5.75 Å². The minimum Gasteiger partial charge on any atom is -0.490 e. The van der Waals surface area contributed by atoms with Gasteiger partial charge in [0, 0.05) is 59.4 Å². The minimum absolute atomic E-state index is 0.0388. The molecule has 7 rings (SSSR count). The number of aryl methyl sites for hydroxylation is 1. The van der Waals surface area contributed by atoms with Crippen LogP contribution >= 0.6 is 11.3 Å². The zero-order valence-electron chi connectivity index (χ0n) is 25.5. The average Bonchev–Trinajstić information content (AvgIpc) is 3.79. The molecule has 9 nitrogen and oxygen atoms in total. The summed E-state index contributed by atoms with van der Waals surface area (Å²) in [6.07, 6.45) is 3.11. The first-order valence-corrected chi connectivity index (χ1v) is 15.6. The number of carbonyl (C=O) groups excluding carboxylic acids is 1. The summed E-state index contributed by atoms with van der Waals surface area (Å²) in [5.41, 5.74) is 4.77. The molecule has 0 radical (unpaired) electrons. The van der Waals surface area contributed by atoms with Crippen molar-refractivity contribution in [2.24, 2.45) is 7.05 Å². The summed E-state index contributed by atoms with van der Waals surface area (Å²) < 4.78 is 46.1. The van der Waals surface area contributed by atoms with Gasteiger partial charge in [-0.25, -0.2) is 13.8 Å². The molecule has 1 aliphatic heterocycles. The third kappa shape index (κ3) is 4.94. The number of halogens is 2. The van der Waals surface area contributed by atoms with E-state index in [-0.39, 0.29) is 36.5 Å². The number of hydrogen-bond donors (Lipinski definition) is 0. The van der Waals surface area contributed by atoms with Crippen molar-refractivity contribution in [2.45, 2.75) is 19.5 Å². The van der Waals surface area contributed by atoms with Crippen LogP contribution in [0.1, 0.15) is 18.7 Å². The quantitative estimate of drug-likeness (QED) is 0.135. The number of ether oxygens (including phenoxy) is 2. The van der Waals surface area contributed by atoms with Crippen LogP contribution in [0.2, 0.25) is 0 Å². The summed E-state index contributed by atoms with van der Waals surface area (Å²) in [4.78, 5) is 19.5. The van der Waals surface area contributed by atoms with Gasteiger partial charge < -0.3 is 14.4 Å². The molecule has 46 heavy (non-hydrogen) atoms. The number of hydrogen-bond acceptors (Lipinski definition) is 7. The monoisotopic (exact) mass is 640 g/mol. The number of carbonyl (C=O) groups is 1. The number of methoxy groups -OCH3 is 1. The third-order valence-corrected chi connectivity index (χ3v) is 9.33. The topological polar surface area (TPSA) is 87.3 Å². The molecule has 0 spiro atoms. The fourth-order valence-electron chi connectivity index (χ4n) is 6.15. The van der Waals surface area contributed by atoms with Gasteiger partial charge in [-0.3, -0.25) is 14.2 Å². The number of thiophene rings is 1. The van der Waals surface area contributed by atoms with Crippen LogP contribution in [-0.4, -0.2) is 62.2 Å². The van der Waals surface area contributed by atoms with Gasteiger partial charge in [0.15, 0.2) is 0 Å². The van der Waals surface area contributed by atoms with Crippen LogP contribution in [-0.2, 0) is 23.1 Å². The molecule has 0 unspecified atom stereocenters. The van der Waals surface area contributed by atoms with E-state index in [9.17, 15) is 9.18 Å². The van der Waals surface area contributed by atoms with E-state index >= 15 is 4.39 Å². The Labute approximate surface area is 267 Å². The fourth-order valence-corrected chi connectivity index (χ4v) is 7.10. The van der Waals surface area contributed by atoms with Gasteiger partial charge in [0.2, 0.25) is 5.91 Å². The van der Waals surface area contributed by atoms with Crippen molar-refractivity contribution >= 4 is 38.2 Å². The summed E-state index contributed by atoms with van der Waals surface area (Å²) in [6, 6.07) is 11.6. The predicted molar refractivity (Wildman–Crippen MR) is 174 cm³/mol. The van der Waals surface area contributed by atoms with Crippen molar-refractivity contribution in [1.82, 2.24) is 29.4 Å². The van der Waals surface area contributed by atoms with Crippen LogP contribution in [0.3, 0.4) is 0 Å². The van der Waals surface area contributed by atoms with Crippen molar-refractivity contribution < 1.29 is 23.0 Å². The first-order chi connectivity index (χ1) is 22.3. The number of nitrogens with zero attached hydrogens (tertiary/aromatic N) is 6. The molecule has 0 saturated carbocycles. The van der Waals surface area contributed by atoms with Gasteiger partial charge in [-0.1, -0.05) is 12.6 Å². The van der Waals surface area contributed by atoms with Crippen molar-refractivity contribution in [3.8, 4) is 39.5 Å². The van der Waals surface area contributed by atoms with E-state index in [4.69, 9.17) is 19.6 Å². The van der Waals surface area contributed by atoms with Crippen molar-refractivity contribution in [3.05, 3.63) is 84.0 Å². The van der Waals surface area contributed by atoms with Crippen LogP contribution in [0.25, 0.3) is 54.8 Å². The molecule has 2 aromatic carbocycles. The Kier molecular flexibility index (Phi) is 7.61. The highest BCUT2D eigenvalue weighted by atomic mass is 32.1. The molecule has 1 amide bonds. The van der Waals surface area contributed by atoms with Crippen molar-refractivity contribution in [3.63, 3.8) is 0 Å². The highest BCUT2D eigenvalue weighted by Crippen LogP contribution is 2.47. The summed E-state index contributed by atoms with van der Waals surface area (Å²) in [5.74, 6) is -1.67. The zero-order chi connectivity index (χ0) is 32.1. The van der Waals surface area contributed by atoms with Crippen LogP contribution < -0.4 is 4.74 Å². The first kappa shape index (κ1) is 29.8. The Morgan fingerprint density at radius 3 is 2.76 bits per heavy atom. The summed E-state index contributed by atoms with van der Waals surface area (Å²) in [6.45, 7) is 6.84. The Morgan fingerprint density at radius 2 is 1.96 bits per heavy atom. The second kappa shape index (κ2) is 11.8. The predicted octanol–water partition coefficient (Wildman–Crippen LogP) is 6.77.